The number of carboxylic acid groups (broad SMARTS) is 1. The number of halogens is 1. The van der Waals surface area contributed by atoms with E-state index in [0.29, 0.717) is 54.0 Å². The number of H-pyrrole nitrogens is 1. The Morgan fingerprint density at radius 2 is 1.80 bits per heavy atom. The molecule has 2 aromatic heterocycles. The largest absolute Gasteiger partial charge is 0.481 e. The first-order chi connectivity index (χ1) is 17.0. The van der Waals surface area contributed by atoms with Crippen LogP contribution in [0.25, 0.3) is 11.0 Å². The summed E-state index contributed by atoms with van der Waals surface area (Å²) in [5, 5.41) is 20.3. The molecule has 0 unspecified atom stereocenters. The van der Waals surface area contributed by atoms with Gasteiger partial charge in [-0.3, -0.25) is 14.7 Å². The molecule has 1 saturated carbocycles. The van der Waals surface area contributed by atoms with E-state index in [1.54, 1.807) is 18.2 Å². The number of aliphatic carboxylic acids is 1. The first kappa shape index (κ1) is 22.8. The van der Waals surface area contributed by atoms with Crippen molar-refractivity contribution >= 4 is 40.2 Å². The Bertz CT molecular complexity index is 1380. The van der Waals surface area contributed by atoms with Crippen molar-refractivity contribution in [3.63, 3.8) is 0 Å². The lowest BCUT2D eigenvalue weighted by Gasteiger charge is -2.27. The maximum Gasteiger partial charge on any atom is 0.306 e. The fourth-order valence-corrected chi connectivity index (χ4v) is 4.56. The summed E-state index contributed by atoms with van der Waals surface area (Å²) in [6.07, 6.45) is 3.95. The Hall–Kier alpha value is -3.98. The second kappa shape index (κ2) is 9.71. The van der Waals surface area contributed by atoms with E-state index in [2.05, 4.69) is 25.5 Å². The molecule has 0 radical (unpaired) electrons. The fourth-order valence-electron chi connectivity index (χ4n) is 4.31. The molecule has 1 aliphatic carbocycles. The molecular weight excluding hydrogens is 470 g/mol. The van der Waals surface area contributed by atoms with Crippen molar-refractivity contribution in [2.75, 3.05) is 5.32 Å². The van der Waals surface area contributed by atoms with Gasteiger partial charge in [-0.05, 0) is 49.9 Å². The molecule has 178 valence electrons. The van der Waals surface area contributed by atoms with Crippen molar-refractivity contribution in [3.8, 4) is 11.5 Å². The van der Waals surface area contributed by atoms with Crippen LogP contribution in [0, 0.1) is 5.92 Å². The Labute approximate surface area is 205 Å². The van der Waals surface area contributed by atoms with Gasteiger partial charge in [0.25, 0.3) is 0 Å². The molecule has 1 aliphatic rings. The van der Waals surface area contributed by atoms with Crippen LogP contribution in [0.5, 0.6) is 11.5 Å². The maximum atomic E-state index is 13.4. The Morgan fingerprint density at radius 1 is 1.03 bits per heavy atom. The molecular formula is C25H22ClN5O4. The van der Waals surface area contributed by atoms with E-state index in [0.717, 1.165) is 0 Å². The molecule has 10 heteroatoms. The number of hydrogen-bond donors (Lipinski definition) is 3. The number of ketones is 1. The minimum absolute atomic E-state index is 0.0413. The van der Waals surface area contributed by atoms with Crippen LogP contribution in [0.15, 0.2) is 54.9 Å². The van der Waals surface area contributed by atoms with Gasteiger partial charge in [-0.1, -0.05) is 29.8 Å². The zero-order chi connectivity index (χ0) is 24.4. The van der Waals surface area contributed by atoms with Crippen LogP contribution in [0.3, 0.4) is 0 Å². The van der Waals surface area contributed by atoms with Crippen molar-refractivity contribution < 1.29 is 19.4 Å². The second-order valence-corrected chi connectivity index (χ2v) is 8.84. The van der Waals surface area contributed by atoms with Crippen molar-refractivity contribution in [1.82, 2.24) is 20.2 Å². The second-order valence-electron chi connectivity index (χ2n) is 8.44. The highest BCUT2D eigenvalue weighted by atomic mass is 35.5. The van der Waals surface area contributed by atoms with Crippen LogP contribution in [-0.2, 0) is 4.79 Å². The molecule has 1 fully saturated rings. The highest BCUT2D eigenvalue weighted by Crippen LogP contribution is 2.32. The normalized spacial score (nSPS) is 17.7. The first-order valence-corrected chi connectivity index (χ1v) is 11.6. The van der Waals surface area contributed by atoms with E-state index >= 15 is 0 Å². The van der Waals surface area contributed by atoms with Gasteiger partial charge >= 0.3 is 5.97 Å². The highest BCUT2D eigenvalue weighted by Gasteiger charge is 2.28. The average molecular weight is 492 g/mol. The fraction of sp³-hybridized carbons (Fsp3) is 0.240. The van der Waals surface area contributed by atoms with Gasteiger partial charge in [-0.25, -0.2) is 9.97 Å². The van der Waals surface area contributed by atoms with Crippen LogP contribution in [-0.4, -0.2) is 43.1 Å². The van der Waals surface area contributed by atoms with Crippen molar-refractivity contribution in [3.05, 3.63) is 71.1 Å². The monoisotopic (exact) mass is 491 g/mol. The van der Waals surface area contributed by atoms with Crippen molar-refractivity contribution in [2.24, 2.45) is 5.92 Å². The molecule has 5 rings (SSSR count). The molecule has 0 atom stereocenters. The third kappa shape index (κ3) is 4.81. The van der Waals surface area contributed by atoms with Crippen molar-refractivity contribution in [2.45, 2.75) is 31.7 Å². The Morgan fingerprint density at radius 3 is 2.51 bits per heavy atom. The first-order valence-electron chi connectivity index (χ1n) is 11.2. The smallest absolute Gasteiger partial charge is 0.306 e. The molecule has 0 aliphatic heterocycles. The topological polar surface area (TPSA) is 130 Å². The van der Waals surface area contributed by atoms with Gasteiger partial charge in [0, 0.05) is 17.7 Å². The Kier molecular flexibility index (Phi) is 6.33. The van der Waals surface area contributed by atoms with Gasteiger partial charge in [-0.2, -0.15) is 5.10 Å². The van der Waals surface area contributed by atoms with E-state index in [-0.39, 0.29) is 34.0 Å². The third-order valence-electron chi connectivity index (χ3n) is 6.15. The lowest BCUT2D eigenvalue weighted by atomic mass is 9.86. The van der Waals surface area contributed by atoms with E-state index in [9.17, 15) is 14.7 Å². The van der Waals surface area contributed by atoms with Gasteiger partial charge in [0.1, 0.15) is 29.3 Å². The van der Waals surface area contributed by atoms with Crippen LogP contribution < -0.4 is 10.1 Å². The molecule has 0 amide bonds. The standard InChI is InChI=1S/C25H22ClN5O4/c26-19-12-17(35-16-4-2-1-3-5-16)10-11-18(19)22(32)21-20-23(27-13-28-24(20)31-30-21)29-15-8-6-14(7-9-15)25(33)34/h1-5,10-15H,6-9H2,(H,33,34)(H2,27,28,29,30,31). The van der Waals surface area contributed by atoms with Crippen LogP contribution >= 0.6 is 11.6 Å². The number of benzene rings is 2. The number of aromatic amines is 1. The van der Waals surface area contributed by atoms with Gasteiger partial charge in [0.15, 0.2) is 5.65 Å². The van der Waals surface area contributed by atoms with E-state index in [1.165, 1.54) is 6.33 Å². The number of rotatable bonds is 7. The molecule has 9 nitrogen and oxygen atoms in total. The SMILES string of the molecule is O=C(c1ccc(Oc2ccccc2)cc1Cl)c1n[nH]c2ncnc(NC3CCC(C(=O)O)CC3)c12. The van der Waals surface area contributed by atoms with Crippen LogP contribution in [0.1, 0.15) is 41.7 Å². The molecule has 0 bridgehead atoms. The quantitative estimate of drug-likeness (QED) is 0.305. The summed E-state index contributed by atoms with van der Waals surface area (Å²) < 4.78 is 5.80. The predicted molar refractivity (Wildman–Crippen MR) is 130 cm³/mol. The van der Waals surface area contributed by atoms with Crippen LogP contribution in [0.2, 0.25) is 5.02 Å². The minimum Gasteiger partial charge on any atom is -0.481 e. The molecule has 0 saturated heterocycles. The van der Waals surface area contributed by atoms with Gasteiger partial charge in [-0.15, -0.1) is 0 Å². The summed E-state index contributed by atoms with van der Waals surface area (Å²) >= 11 is 6.46. The Balaban J connectivity index is 1.39. The number of carbonyl (C=O) groups excluding carboxylic acids is 1. The number of fused-ring (bicyclic) bond motifs is 1. The van der Waals surface area contributed by atoms with E-state index < -0.39 is 5.97 Å². The predicted octanol–water partition coefficient (Wildman–Crippen LogP) is 5.08. The molecule has 0 spiro atoms. The van der Waals surface area contributed by atoms with Gasteiger partial charge in [0.2, 0.25) is 5.78 Å². The number of nitrogens with zero attached hydrogens (tertiary/aromatic N) is 3. The number of carboxylic acids is 1. The highest BCUT2D eigenvalue weighted by molar-refractivity contribution is 6.35. The summed E-state index contributed by atoms with van der Waals surface area (Å²) in [6.45, 7) is 0. The summed E-state index contributed by atoms with van der Waals surface area (Å²) in [5.41, 5.74) is 0.850. The average Bonchev–Trinajstić information content (AvgIpc) is 3.30. The lowest BCUT2D eigenvalue weighted by Crippen LogP contribution is -2.29. The lowest BCUT2D eigenvalue weighted by molar-refractivity contribution is -0.142. The number of aromatic nitrogens is 4. The molecule has 2 aromatic carbocycles. The maximum absolute atomic E-state index is 13.4. The van der Waals surface area contributed by atoms with E-state index in [1.807, 2.05) is 30.3 Å². The molecule has 2 heterocycles. The van der Waals surface area contributed by atoms with E-state index in [4.69, 9.17) is 16.3 Å². The summed E-state index contributed by atoms with van der Waals surface area (Å²) in [5.74, 6) is 0.192. The molecule has 35 heavy (non-hydrogen) atoms. The molecule has 4 aromatic rings. The molecule has 3 N–H and O–H groups in total. The minimum atomic E-state index is -0.757. The number of nitrogens with one attached hydrogen (secondary N) is 2. The van der Waals surface area contributed by atoms with Crippen LogP contribution in [0.4, 0.5) is 5.82 Å². The number of anilines is 1. The van der Waals surface area contributed by atoms with Gasteiger partial charge in [0.05, 0.1) is 16.3 Å². The third-order valence-corrected chi connectivity index (χ3v) is 6.47. The van der Waals surface area contributed by atoms with Gasteiger partial charge < -0.3 is 15.2 Å². The number of carbonyl (C=O) groups is 2. The number of para-hydroxylation sites is 1. The summed E-state index contributed by atoms with van der Waals surface area (Å²) in [7, 11) is 0. The van der Waals surface area contributed by atoms with Crippen molar-refractivity contribution in [1.29, 1.82) is 0 Å². The number of ether oxygens (including phenoxy) is 1. The summed E-state index contributed by atoms with van der Waals surface area (Å²) in [6, 6.07) is 14.2. The number of hydrogen-bond acceptors (Lipinski definition) is 7. The zero-order valence-corrected chi connectivity index (χ0v) is 19.3. The zero-order valence-electron chi connectivity index (χ0n) is 18.6. The summed E-state index contributed by atoms with van der Waals surface area (Å²) in [4.78, 5) is 33.2.